The predicted octanol–water partition coefficient (Wildman–Crippen LogP) is 1.34. The smallest absolute Gasteiger partial charge is 0.234 e. The molecule has 1 rings (SSSR count). The molecule has 0 bridgehead atoms. The number of nitrogens with one attached hydrogen (secondary N) is 1. The Kier molecular flexibility index (Phi) is 4.66. The van der Waals surface area contributed by atoms with E-state index in [1.165, 1.54) is 31.3 Å². The van der Waals surface area contributed by atoms with Crippen LogP contribution in [0.5, 0.6) is 0 Å². The van der Waals surface area contributed by atoms with Crippen LogP contribution in [-0.4, -0.2) is 18.5 Å². The molecule has 1 aliphatic carbocycles. The van der Waals surface area contributed by atoms with Crippen LogP contribution in [0.3, 0.4) is 0 Å². The molecule has 1 aliphatic rings. The van der Waals surface area contributed by atoms with Gasteiger partial charge >= 0.3 is 0 Å². The van der Waals surface area contributed by atoms with Crippen molar-refractivity contribution in [1.29, 1.82) is 0 Å². The molecule has 0 aromatic carbocycles. The fourth-order valence-corrected chi connectivity index (χ4v) is 1.68. The van der Waals surface area contributed by atoms with Gasteiger partial charge in [-0.2, -0.15) is 0 Å². The first-order valence-electron chi connectivity index (χ1n) is 5.41. The summed E-state index contributed by atoms with van der Waals surface area (Å²) < 4.78 is 0. The molecule has 0 saturated carbocycles. The van der Waals surface area contributed by atoms with E-state index < -0.39 is 0 Å². The minimum Gasteiger partial charge on any atom is -0.368 e. The van der Waals surface area contributed by atoms with E-state index in [2.05, 4.69) is 11.4 Å². The van der Waals surface area contributed by atoms with Gasteiger partial charge in [0.2, 0.25) is 5.91 Å². The molecule has 3 N–H and O–H groups in total. The van der Waals surface area contributed by atoms with Crippen LogP contribution in [0, 0.1) is 0 Å². The molecule has 0 aliphatic heterocycles. The summed E-state index contributed by atoms with van der Waals surface area (Å²) >= 11 is 0. The number of amides is 1. The molecule has 0 spiro atoms. The van der Waals surface area contributed by atoms with Crippen LogP contribution in [0.15, 0.2) is 11.6 Å². The van der Waals surface area contributed by atoms with Gasteiger partial charge in [-0.05, 0) is 45.6 Å². The Morgan fingerprint density at radius 3 is 3.00 bits per heavy atom. The summed E-state index contributed by atoms with van der Waals surface area (Å²) in [5, 5.41) is 3.11. The molecule has 0 aromatic heterocycles. The van der Waals surface area contributed by atoms with Gasteiger partial charge in [-0.3, -0.25) is 4.79 Å². The first-order valence-corrected chi connectivity index (χ1v) is 5.41. The molecule has 0 radical (unpaired) electrons. The molecule has 1 atom stereocenters. The van der Waals surface area contributed by atoms with Gasteiger partial charge in [-0.1, -0.05) is 11.6 Å². The van der Waals surface area contributed by atoms with E-state index in [-0.39, 0.29) is 11.9 Å². The number of nitrogens with two attached hydrogens (primary N) is 1. The zero-order valence-corrected chi connectivity index (χ0v) is 8.88. The number of carbonyl (C=O) groups is 1. The third kappa shape index (κ3) is 3.92. The summed E-state index contributed by atoms with van der Waals surface area (Å²) in [5.41, 5.74) is 6.67. The third-order valence-electron chi connectivity index (χ3n) is 2.71. The van der Waals surface area contributed by atoms with Gasteiger partial charge in [0, 0.05) is 0 Å². The standard InChI is InChI=1S/C11H20N2O/c1-9(11(12)14)13-8-7-10-5-3-2-4-6-10/h5,9,13H,2-4,6-8H2,1H3,(H2,12,14). The fraction of sp³-hybridized carbons (Fsp3) is 0.727. The first-order chi connectivity index (χ1) is 6.70. The maximum absolute atomic E-state index is 10.7. The lowest BCUT2D eigenvalue weighted by Crippen LogP contribution is -2.39. The SMILES string of the molecule is CC(NCCC1=CCCCC1)C(N)=O. The quantitative estimate of drug-likeness (QED) is 0.652. The molecule has 0 heterocycles. The molecule has 1 unspecified atom stereocenters. The molecular weight excluding hydrogens is 176 g/mol. The van der Waals surface area contributed by atoms with Gasteiger partial charge in [-0.25, -0.2) is 0 Å². The molecule has 3 nitrogen and oxygen atoms in total. The average Bonchev–Trinajstić information content (AvgIpc) is 2.19. The van der Waals surface area contributed by atoms with Crippen molar-refractivity contribution in [3.05, 3.63) is 11.6 Å². The zero-order chi connectivity index (χ0) is 10.4. The number of hydrogen-bond acceptors (Lipinski definition) is 2. The van der Waals surface area contributed by atoms with Gasteiger partial charge < -0.3 is 11.1 Å². The van der Waals surface area contributed by atoms with Gasteiger partial charge in [-0.15, -0.1) is 0 Å². The molecule has 3 heteroatoms. The van der Waals surface area contributed by atoms with E-state index in [1.807, 2.05) is 0 Å². The highest BCUT2D eigenvalue weighted by Crippen LogP contribution is 2.19. The number of carbonyl (C=O) groups excluding carboxylic acids is 1. The van der Waals surface area contributed by atoms with Crippen LogP contribution in [-0.2, 0) is 4.79 Å². The third-order valence-corrected chi connectivity index (χ3v) is 2.71. The molecule has 0 fully saturated rings. The predicted molar refractivity (Wildman–Crippen MR) is 57.8 cm³/mol. The summed E-state index contributed by atoms with van der Waals surface area (Å²) in [5.74, 6) is -0.275. The van der Waals surface area contributed by atoms with Crippen LogP contribution in [0.4, 0.5) is 0 Å². The molecule has 0 saturated heterocycles. The van der Waals surface area contributed by atoms with Crippen LogP contribution in [0.2, 0.25) is 0 Å². The highest BCUT2D eigenvalue weighted by molar-refractivity contribution is 5.79. The largest absolute Gasteiger partial charge is 0.368 e. The van der Waals surface area contributed by atoms with Crippen molar-refractivity contribution < 1.29 is 4.79 Å². The summed E-state index contributed by atoms with van der Waals surface area (Å²) in [4.78, 5) is 10.7. The minimum atomic E-state index is -0.275. The molecule has 1 amide bonds. The molecule has 14 heavy (non-hydrogen) atoms. The second-order valence-electron chi connectivity index (χ2n) is 3.94. The molecular formula is C11H20N2O. The highest BCUT2D eigenvalue weighted by Gasteiger charge is 2.08. The summed E-state index contributed by atoms with van der Waals surface area (Å²) in [7, 11) is 0. The van der Waals surface area contributed by atoms with Crippen LogP contribution in [0.1, 0.15) is 39.0 Å². The Bertz CT molecular complexity index is 223. The van der Waals surface area contributed by atoms with Gasteiger partial charge in [0.05, 0.1) is 6.04 Å². The monoisotopic (exact) mass is 196 g/mol. The number of allylic oxidation sites excluding steroid dienone is 1. The average molecular weight is 196 g/mol. The summed E-state index contributed by atoms with van der Waals surface area (Å²) in [6.07, 6.45) is 8.48. The van der Waals surface area contributed by atoms with Crippen molar-refractivity contribution in [2.75, 3.05) is 6.54 Å². The van der Waals surface area contributed by atoms with E-state index in [0.29, 0.717) is 0 Å². The van der Waals surface area contributed by atoms with Gasteiger partial charge in [0.1, 0.15) is 0 Å². The second kappa shape index (κ2) is 5.81. The summed E-state index contributed by atoms with van der Waals surface area (Å²) in [6.45, 7) is 2.66. The van der Waals surface area contributed by atoms with E-state index >= 15 is 0 Å². The Hall–Kier alpha value is -0.830. The van der Waals surface area contributed by atoms with Gasteiger partial charge in [0.15, 0.2) is 0 Å². The molecule has 80 valence electrons. The Labute approximate surface area is 85.7 Å². The Balaban J connectivity index is 2.14. The summed E-state index contributed by atoms with van der Waals surface area (Å²) in [6, 6.07) is -0.209. The van der Waals surface area contributed by atoms with Crippen molar-refractivity contribution in [3.8, 4) is 0 Å². The molecule has 0 aromatic rings. The number of rotatable bonds is 5. The van der Waals surface area contributed by atoms with Crippen molar-refractivity contribution >= 4 is 5.91 Å². The fourth-order valence-electron chi connectivity index (χ4n) is 1.68. The maximum atomic E-state index is 10.7. The Morgan fingerprint density at radius 2 is 2.43 bits per heavy atom. The lowest BCUT2D eigenvalue weighted by Gasteiger charge is -2.14. The van der Waals surface area contributed by atoms with E-state index in [1.54, 1.807) is 6.92 Å². The second-order valence-corrected chi connectivity index (χ2v) is 3.94. The van der Waals surface area contributed by atoms with Crippen LogP contribution >= 0.6 is 0 Å². The zero-order valence-electron chi connectivity index (χ0n) is 8.88. The van der Waals surface area contributed by atoms with Gasteiger partial charge in [0.25, 0.3) is 0 Å². The van der Waals surface area contributed by atoms with Crippen LogP contribution in [0.25, 0.3) is 0 Å². The van der Waals surface area contributed by atoms with Crippen LogP contribution < -0.4 is 11.1 Å². The number of primary amides is 1. The van der Waals surface area contributed by atoms with Crippen molar-refractivity contribution in [2.24, 2.45) is 5.73 Å². The van der Waals surface area contributed by atoms with E-state index in [9.17, 15) is 4.79 Å². The highest BCUT2D eigenvalue weighted by atomic mass is 16.1. The van der Waals surface area contributed by atoms with Crippen molar-refractivity contribution in [3.63, 3.8) is 0 Å². The topological polar surface area (TPSA) is 55.1 Å². The first kappa shape index (κ1) is 11.2. The van der Waals surface area contributed by atoms with E-state index in [4.69, 9.17) is 5.73 Å². The normalized spacial score (nSPS) is 18.8. The van der Waals surface area contributed by atoms with E-state index in [0.717, 1.165) is 13.0 Å². The minimum absolute atomic E-state index is 0.209. The maximum Gasteiger partial charge on any atom is 0.234 e. The lowest BCUT2D eigenvalue weighted by atomic mass is 9.97. The van der Waals surface area contributed by atoms with Crippen molar-refractivity contribution in [1.82, 2.24) is 5.32 Å². The number of hydrogen-bond donors (Lipinski definition) is 2. The Morgan fingerprint density at radius 1 is 1.64 bits per heavy atom. The van der Waals surface area contributed by atoms with Crippen molar-refractivity contribution in [2.45, 2.75) is 45.1 Å². The lowest BCUT2D eigenvalue weighted by molar-refractivity contribution is -0.119.